The van der Waals surface area contributed by atoms with Crippen LogP contribution in [0.4, 0.5) is 11.4 Å². The number of nitrogens with zero attached hydrogens (tertiary/aromatic N) is 2. The Balaban J connectivity index is 2.35. The zero-order valence-electron chi connectivity index (χ0n) is 11.1. The molecule has 0 unspecified atom stereocenters. The van der Waals surface area contributed by atoms with Crippen molar-refractivity contribution in [1.29, 1.82) is 0 Å². The van der Waals surface area contributed by atoms with Crippen molar-refractivity contribution in [2.75, 3.05) is 10.5 Å². The molecule has 108 valence electrons. The molecular weight excluding hydrogens is 300 g/mol. The average Bonchev–Trinajstić information content (AvgIpc) is 2.82. The van der Waals surface area contributed by atoms with Crippen LogP contribution in [-0.2, 0) is 16.6 Å². The first-order valence-corrected chi connectivity index (χ1v) is 7.80. The fourth-order valence-corrected chi connectivity index (χ4v) is 3.01. The lowest BCUT2D eigenvalue weighted by Crippen LogP contribution is -2.13. The Morgan fingerprint density at radius 1 is 1.45 bits per heavy atom. The molecule has 0 saturated heterocycles. The van der Waals surface area contributed by atoms with E-state index in [-0.39, 0.29) is 4.90 Å². The van der Waals surface area contributed by atoms with E-state index in [1.807, 2.05) is 6.92 Å². The number of nitrogen functional groups attached to an aromatic ring is 1. The van der Waals surface area contributed by atoms with E-state index < -0.39 is 10.0 Å². The van der Waals surface area contributed by atoms with Gasteiger partial charge in [0, 0.05) is 23.5 Å². The van der Waals surface area contributed by atoms with Crippen molar-refractivity contribution in [2.45, 2.75) is 25.3 Å². The molecule has 0 fully saturated rings. The van der Waals surface area contributed by atoms with Crippen molar-refractivity contribution >= 4 is 33.0 Å². The monoisotopic (exact) mass is 314 g/mol. The van der Waals surface area contributed by atoms with Crippen LogP contribution in [-0.4, -0.2) is 18.2 Å². The normalized spacial score (nSPS) is 11.6. The summed E-state index contributed by atoms with van der Waals surface area (Å²) in [6, 6.07) is 2.76. The molecule has 0 bridgehead atoms. The van der Waals surface area contributed by atoms with Gasteiger partial charge >= 0.3 is 0 Å². The second kappa shape index (κ2) is 5.34. The number of nitrogens with two attached hydrogens (primary N) is 1. The molecule has 0 amide bonds. The molecule has 0 saturated carbocycles. The summed E-state index contributed by atoms with van der Waals surface area (Å²) in [5, 5.41) is 4.32. The van der Waals surface area contributed by atoms with Crippen molar-refractivity contribution < 1.29 is 8.42 Å². The van der Waals surface area contributed by atoms with Crippen molar-refractivity contribution in [3.8, 4) is 0 Å². The largest absolute Gasteiger partial charge is 0.398 e. The van der Waals surface area contributed by atoms with Gasteiger partial charge in [-0.25, -0.2) is 8.42 Å². The van der Waals surface area contributed by atoms with Gasteiger partial charge in [0.15, 0.2) is 0 Å². The molecule has 1 heterocycles. The lowest BCUT2D eigenvalue weighted by molar-refractivity contribution is 0.601. The average molecular weight is 315 g/mol. The van der Waals surface area contributed by atoms with Crippen LogP contribution in [0.2, 0.25) is 5.02 Å². The topological polar surface area (TPSA) is 90.0 Å². The second-order valence-electron chi connectivity index (χ2n) is 4.31. The molecule has 1 aromatic carbocycles. The maximum Gasteiger partial charge on any atom is 0.262 e. The molecule has 2 aromatic rings. The first-order chi connectivity index (χ1) is 9.33. The number of halogens is 1. The molecule has 8 heteroatoms. The minimum Gasteiger partial charge on any atom is -0.398 e. The van der Waals surface area contributed by atoms with Gasteiger partial charge in [-0.3, -0.25) is 9.40 Å². The number of hydrogen-bond donors (Lipinski definition) is 2. The predicted molar refractivity (Wildman–Crippen MR) is 79.3 cm³/mol. The highest BCUT2D eigenvalue weighted by molar-refractivity contribution is 7.92. The Bertz CT molecular complexity index is 717. The van der Waals surface area contributed by atoms with E-state index in [0.29, 0.717) is 28.5 Å². The van der Waals surface area contributed by atoms with Gasteiger partial charge < -0.3 is 5.73 Å². The molecule has 0 radical (unpaired) electrons. The molecule has 0 aliphatic heterocycles. The third kappa shape index (κ3) is 2.88. The van der Waals surface area contributed by atoms with E-state index >= 15 is 0 Å². The first kappa shape index (κ1) is 14.7. The van der Waals surface area contributed by atoms with Crippen LogP contribution in [0, 0.1) is 6.92 Å². The Morgan fingerprint density at radius 3 is 2.70 bits per heavy atom. The molecule has 3 N–H and O–H groups in total. The van der Waals surface area contributed by atoms with Gasteiger partial charge in [-0.05, 0) is 31.5 Å². The van der Waals surface area contributed by atoms with Gasteiger partial charge in [0.2, 0.25) is 0 Å². The van der Waals surface area contributed by atoms with Gasteiger partial charge in [-0.2, -0.15) is 5.10 Å². The fraction of sp³-hybridized carbons (Fsp3) is 0.250. The predicted octanol–water partition coefficient (Wildman–Crippen LogP) is 2.25. The lowest BCUT2D eigenvalue weighted by Gasteiger charge is -2.09. The molecule has 6 nitrogen and oxygen atoms in total. The van der Waals surface area contributed by atoms with E-state index in [1.165, 1.54) is 18.3 Å². The third-order valence-corrected chi connectivity index (χ3v) is 4.63. The van der Waals surface area contributed by atoms with Crippen LogP contribution in [0.25, 0.3) is 0 Å². The van der Waals surface area contributed by atoms with Crippen molar-refractivity contribution in [2.24, 2.45) is 0 Å². The molecule has 1 aromatic heterocycles. The van der Waals surface area contributed by atoms with Gasteiger partial charge in [-0.1, -0.05) is 11.6 Å². The summed E-state index contributed by atoms with van der Waals surface area (Å²) in [5.41, 5.74) is 7.13. The number of rotatable bonds is 4. The fourth-order valence-electron chi connectivity index (χ4n) is 1.63. The number of sulfonamides is 1. The van der Waals surface area contributed by atoms with Crippen molar-refractivity contribution in [3.05, 3.63) is 35.1 Å². The number of anilines is 2. The van der Waals surface area contributed by atoms with Gasteiger partial charge in [0.1, 0.15) is 0 Å². The van der Waals surface area contributed by atoms with Gasteiger partial charge in [0.25, 0.3) is 10.0 Å². The maximum atomic E-state index is 12.3. The van der Waals surface area contributed by atoms with E-state index in [1.54, 1.807) is 17.8 Å². The van der Waals surface area contributed by atoms with Crippen LogP contribution in [0.3, 0.4) is 0 Å². The maximum absolute atomic E-state index is 12.3. The van der Waals surface area contributed by atoms with E-state index in [2.05, 4.69) is 9.82 Å². The molecule has 0 spiro atoms. The highest BCUT2D eigenvalue weighted by Crippen LogP contribution is 2.27. The second-order valence-corrected chi connectivity index (χ2v) is 6.40. The smallest absolute Gasteiger partial charge is 0.262 e. The SMILES string of the molecule is CCn1cc(NS(=O)(=O)c2cc(N)c(C)c(Cl)c2)cn1. The molecule has 0 aliphatic carbocycles. The number of aryl methyl sites for hydroxylation is 1. The van der Waals surface area contributed by atoms with Crippen LogP contribution < -0.4 is 10.5 Å². The minimum atomic E-state index is -3.74. The highest BCUT2D eigenvalue weighted by atomic mass is 35.5. The minimum absolute atomic E-state index is 0.0230. The Kier molecular flexibility index (Phi) is 3.92. The van der Waals surface area contributed by atoms with Crippen LogP contribution >= 0.6 is 11.6 Å². The van der Waals surface area contributed by atoms with Crippen molar-refractivity contribution in [1.82, 2.24) is 9.78 Å². The van der Waals surface area contributed by atoms with E-state index in [9.17, 15) is 8.42 Å². The summed E-state index contributed by atoms with van der Waals surface area (Å²) in [4.78, 5) is 0.0230. The molecule has 0 atom stereocenters. The summed E-state index contributed by atoms with van der Waals surface area (Å²) >= 11 is 5.97. The van der Waals surface area contributed by atoms with Crippen molar-refractivity contribution in [3.63, 3.8) is 0 Å². The van der Waals surface area contributed by atoms with Crippen LogP contribution in [0.5, 0.6) is 0 Å². The van der Waals surface area contributed by atoms with Gasteiger partial charge in [-0.15, -0.1) is 0 Å². The van der Waals surface area contributed by atoms with Crippen LogP contribution in [0.15, 0.2) is 29.4 Å². The third-order valence-electron chi connectivity index (χ3n) is 2.88. The van der Waals surface area contributed by atoms with E-state index in [0.717, 1.165) is 0 Å². The molecule has 2 rings (SSSR count). The molecular formula is C12H15ClN4O2S. The Morgan fingerprint density at radius 2 is 2.15 bits per heavy atom. The number of nitrogens with one attached hydrogen (secondary N) is 1. The van der Waals surface area contributed by atoms with Crippen LogP contribution in [0.1, 0.15) is 12.5 Å². The highest BCUT2D eigenvalue weighted by Gasteiger charge is 2.17. The zero-order valence-corrected chi connectivity index (χ0v) is 12.7. The first-order valence-electron chi connectivity index (χ1n) is 5.94. The Hall–Kier alpha value is -1.73. The summed E-state index contributed by atoms with van der Waals surface area (Å²) in [6.45, 7) is 4.30. The number of benzene rings is 1. The van der Waals surface area contributed by atoms with E-state index in [4.69, 9.17) is 17.3 Å². The lowest BCUT2D eigenvalue weighted by atomic mass is 10.2. The summed E-state index contributed by atoms with van der Waals surface area (Å²) < 4.78 is 28.6. The molecule has 0 aliphatic rings. The molecule has 20 heavy (non-hydrogen) atoms. The summed E-state index contributed by atoms with van der Waals surface area (Å²) in [6.07, 6.45) is 3.05. The standard InChI is InChI=1S/C12H15ClN4O2S/c1-3-17-7-9(6-15-17)16-20(18,19)10-4-11(13)8(2)12(14)5-10/h4-7,16H,3,14H2,1-2H3. The van der Waals surface area contributed by atoms with Gasteiger partial charge in [0.05, 0.1) is 16.8 Å². The number of hydrogen-bond acceptors (Lipinski definition) is 4. The Labute approximate surface area is 122 Å². The zero-order chi connectivity index (χ0) is 14.9. The summed E-state index contributed by atoms with van der Waals surface area (Å²) in [5.74, 6) is 0. The quantitative estimate of drug-likeness (QED) is 0.847. The summed E-state index contributed by atoms with van der Waals surface area (Å²) in [7, 11) is -3.74. The number of aromatic nitrogens is 2.